The van der Waals surface area contributed by atoms with Gasteiger partial charge in [-0.25, -0.2) is 0 Å². The van der Waals surface area contributed by atoms with E-state index in [2.05, 4.69) is 4.98 Å². The van der Waals surface area contributed by atoms with Crippen molar-refractivity contribution in [1.29, 1.82) is 0 Å². The second-order valence-corrected chi connectivity index (χ2v) is 4.62. The average Bonchev–Trinajstić information content (AvgIpc) is 2.49. The number of para-hydroxylation sites is 1. The standard InChI is InChI=1S/C16H16N2O3/c1-12-4-2-3-5-14(12)18(11-8-15(19)20)16(21)13-6-9-17-10-7-13/h2-7,9-10H,8,11H2,1H3,(H,19,20). The number of carbonyl (C=O) groups is 2. The molecule has 1 aromatic heterocycles. The third-order valence-corrected chi connectivity index (χ3v) is 3.13. The molecule has 2 rings (SSSR count). The summed E-state index contributed by atoms with van der Waals surface area (Å²) < 4.78 is 0. The summed E-state index contributed by atoms with van der Waals surface area (Å²) >= 11 is 0. The molecule has 1 heterocycles. The first kappa shape index (κ1) is 14.7. The van der Waals surface area contributed by atoms with Gasteiger partial charge in [0.05, 0.1) is 6.42 Å². The van der Waals surface area contributed by atoms with E-state index in [1.54, 1.807) is 24.5 Å². The lowest BCUT2D eigenvalue weighted by atomic mass is 10.1. The maximum atomic E-state index is 12.6. The Balaban J connectivity index is 2.34. The van der Waals surface area contributed by atoms with Gasteiger partial charge in [-0.1, -0.05) is 18.2 Å². The highest BCUT2D eigenvalue weighted by molar-refractivity contribution is 6.06. The first-order valence-corrected chi connectivity index (χ1v) is 6.59. The predicted octanol–water partition coefficient (Wildman–Crippen LogP) is 2.51. The van der Waals surface area contributed by atoms with E-state index < -0.39 is 5.97 Å². The molecule has 0 aliphatic heterocycles. The summed E-state index contributed by atoms with van der Waals surface area (Å²) in [5, 5.41) is 8.88. The van der Waals surface area contributed by atoms with Crippen molar-refractivity contribution >= 4 is 17.6 Å². The molecule has 108 valence electrons. The fraction of sp³-hybridized carbons (Fsp3) is 0.188. The van der Waals surface area contributed by atoms with Gasteiger partial charge in [-0.15, -0.1) is 0 Å². The van der Waals surface area contributed by atoms with Gasteiger partial charge in [-0.05, 0) is 30.7 Å². The Hall–Kier alpha value is -2.69. The minimum Gasteiger partial charge on any atom is -0.481 e. The lowest BCUT2D eigenvalue weighted by Crippen LogP contribution is -2.33. The molecule has 0 atom stereocenters. The van der Waals surface area contributed by atoms with E-state index in [4.69, 9.17) is 5.11 Å². The summed E-state index contributed by atoms with van der Waals surface area (Å²) in [6, 6.07) is 10.7. The van der Waals surface area contributed by atoms with E-state index in [-0.39, 0.29) is 18.9 Å². The van der Waals surface area contributed by atoms with Crippen LogP contribution in [-0.4, -0.2) is 28.5 Å². The second-order valence-electron chi connectivity index (χ2n) is 4.62. The number of carboxylic acid groups (broad SMARTS) is 1. The molecule has 0 spiro atoms. The number of carboxylic acids is 1. The van der Waals surface area contributed by atoms with Crippen molar-refractivity contribution in [2.24, 2.45) is 0 Å². The molecule has 2 aromatic rings. The van der Waals surface area contributed by atoms with Crippen molar-refractivity contribution in [3.8, 4) is 0 Å². The van der Waals surface area contributed by atoms with E-state index in [0.29, 0.717) is 5.56 Å². The van der Waals surface area contributed by atoms with Gasteiger partial charge >= 0.3 is 5.97 Å². The zero-order chi connectivity index (χ0) is 15.2. The van der Waals surface area contributed by atoms with Crippen molar-refractivity contribution in [3.05, 3.63) is 59.9 Å². The fourth-order valence-corrected chi connectivity index (χ4v) is 2.06. The van der Waals surface area contributed by atoms with Crippen molar-refractivity contribution in [2.45, 2.75) is 13.3 Å². The first-order valence-electron chi connectivity index (χ1n) is 6.59. The van der Waals surface area contributed by atoms with Crippen LogP contribution in [0.5, 0.6) is 0 Å². The smallest absolute Gasteiger partial charge is 0.305 e. The number of pyridine rings is 1. The van der Waals surface area contributed by atoms with Gasteiger partial charge in [0.15, 0.2) is 0 Å². The van der Waals surface area contributed by atoms with Crippen molar-refractivity contribution in [1.82, 2.24) is 4.98 Å². The minimum absolute atomic E-state index is 0.106. The number of aliphatic carboxylic acids is 1. The van der Waals surface area contributed by atoms with Crippen molar-refractivity contribution in [2.75, 3.05) is 11.4 Å². The summed E-state index contributed by atoms with van der Waals surface area (Å²) in [6.45, 7) is 2.02. The molecular formula is C16H16N2O3. The van der Waals surface area contributed by atoms with Crippen LogP contribution < -0.4 is 4.90 Å². The third-order valence-electron chi connectivity index (χ3n) is 3.13. The SMILES string of the molecule is Cc1ccccc1N(CCC(=O)O)C(=O)c1ccncc1. The number of carbonyl (C=O) groups excluding carboxylic acids is 1. The molecule has 0 aliphatic carbocycles. The molecule has 0 unspecified atom stereocenters. The Morgan fingerprint density at radius 2 is 1.81 bits per heavy atom. The Morgan fingerprint density at radius 3 is 2.43 bits per heavy atom. The number of aryl methyl sites for hydroxylation is 1. The molecule has 1 N–H and O–H groups in total. The van der Waals surface area contributed by atoms with E-state index in [1.807, 2.05) is 31.2 Å². The van der Waals surface area contributed by atoms with Crippen molar-refractivity contribution < 1.29 is 14.7 Å². The van der Waals surface area contributed by atoms with Crippen LogP contribution in [0, 0.1) is 6.92 Å². The van der Waals surface area contributed by atoms with Gasteiger partial charge in [0.2, 0.25) is 0 Å². The van der Waals surface area contributed by atoms with E-state index >= 15 is 0 Å². The maximum Gasteiger partial charge on any atom is 0.305 e. The average molecular weight is 284 g/mol. The molecule has 1 amide bonds. The van der Waals surface area contributed by atoms with Gasteiger partial charge in [-0.2, -0.15) is 0 Å². The summed E-state index contributed by atoms with van der Waals surface area (Å²) in [6.07, 6.45) is 2.98. The zero-order valence-corrected chi connectivity index (χ0v) is 11.7. The molecule has 0 saturated carbocycles. The molecule has 0 aliphatic rings. The van der Waals surface area contributed by atoms with E-state index in [9.17, 15) is 9.59 Å². The number of amides is 1. The van der Waals surface area contributed by atoms with Crippen LogP contribution in [-0.2, 0) is 4.79 Å². The fourth-order valence-electron chi connectivity index (χ4n) is 2.06. The van der Waals surface area contributed by atoms with Gasteiger partial charge in [0.25, 0.3) is 5.91 Å². The number of nitrogens with zero attached hydrogens (tertiary/aromatic N) is 2. The van der Waals surface area contributed by atoms with Crippen LogP contribution in [0.1, 0.15) is 22.3 Å². The molecule has 0 bridgehead atoms. The van der Waals surface area contributed by atoms with Crippen LogP contribution in [0.3, 0.4) is 0 Å². The Labute approximate surface area is 122 Å². The normalized spacial score (nSPS) is 10.1. The van der Waals surface area contributed by atoms with E-state index in [1.165, 1.54) is 4.90 Å². The van der Waals surface area contributed by atoms with Crippen LogP contribution >= 0.6 is 0 Å². The molecule has 0 radical (unpaired) electrons. The lowest BCUT2D eigenvalue weighted by molar-refractivity contribution is -0.136. The number of aromatic nitrogens is 1. The van der Waals surface area contributed by atoms with E-state index in [0.717, 1.165) is 11.3 Å². The topological polar surface area (TPSA) is 70.5 Å². The highest BCUT2D eigenvalue weighted by Crippen LogP contribution is 2.21. The largest absolute Gasteiger partial charge is 0.481 e. The Morgan fingerprint density at radius 1 is 1.14 bits per heavy atom. The van der Waals surface area contributed by atoms with Crippen LogP contribution in [0.4, 0.5) is 5.69 Å². The Bertz CT molecular complexity index is 641. The molecule has 0 fully saturated rings. The summed E-state index contributed by atoms with van der Waals surface area (Å²) in [5.74, 6) is -1.16. The van der Waals surface area contributed by atoms with Gasteiger partial charge < -0.3 is 10.0 Å². The third kappa shape index (κ3) is 3.66. The second kappa shape index (κ2) is 6.65. The summed E-state index contributed by atoms with van der Waals surface area (Å²) in [4.78, 5) is 28.8. The quantitative estimate of drug-likeness (QED) is 0.915. The monoisotopic (exact) mass is 284 g/mol. The van der Waals surface area contributed by atoms with Crippen LogP contribution in [0.25, 0.3) is 0 Å². The number of hydrogen-bond donors (Lipinski definition) is 1. The molecule has 1 aromatic carbocycles. The van der Waals surface area contributed by atoms with Gasteiger partial charge in [-0.3, -0.25) is 14.6 Å². The predicted molar refractivity (Wildman–Crippen MR) is 79.3 cm³/mol. The highest BCUT2D eigenvalue weighted by Gasteiger charge is 2.19. The van der Waals surface area contributed by atoms with Gasteiger partial charge in [0.1, 0.15) is 0 Å². The molecule has 0 saturated heterocycles. The number of benzene rings is 1. The lowest BCUT2D eigenvalue weighted by Gasteiger charge is -2.24. The number of hydrogen-bond acceptors (Lipinski definition) is 3. The molecule has 5 nitrogen and oxygen atoms in total. The maximum absolute atomic E-state index is 12.6. The minimum atomic E-state index is -0.934. The molecular weight excluding hydrogens is 268 g/mol. The molecule has 5 heteroatoms. The number of rotatable bonds is 5. The van der Waals surface area contributed by atoms with Gasteiger partial charge in [0, 0.05) is 30.2 Å². The van der Waals surface area contributed by atoms with Crippen LogP contribution in [0.2, 0.25) is 0 Å². The molecule has 21 heavy (non-hydrogen) atoms. The van der Waals surface area contributed by atoms with Crippen LogP contribution in [0.15, 0.2) is 48.8 Å². The van der Waals surface area contributed by atoms with Crippen molar-refractivity contribution in [3.63, 3.8) is 0 Å². The summed E-state index contributed by atoms with van der Waals surface area (Å²) in [7, 11) is 0. The Kier molecular flexibility index (Phi) is 4.66. The summed E-state index contributed by atoms with van der Waals surface area (Å²) in [5.41, 5.74) is 2.13. The zero-order valence-electron chi connectivity index (χ0n) is 11.7. The first-order chi connectivity index (χ1) is 10.1. The number of anilines is 1. The highest BCUT2D eigenvalue weighted by atomic mass is 16.4.